The monoisotopic (exact) mass is 350 g/mol. The SMILES string of the molecule is Cc1ccc(OCCC(=O)NCc2ncc(-c3ccccc3)o2)c(C)c1. The molecule has 0 spiro atoms. The molecule has 3 aromatic rings. The molecule has 5 nitrogen and oxygen atoms in total. The highest BCUT2D eigenvalue weighted by molar-refractivity contribution is 5.75. The minimum absolute atomic E-state index is 0.103. The van der Waals surface area contributed by atoms with Crippen LogP contribution in [0.15, 0.2) is 59.1 Å². The lowest BCUT2D eigenvalue weighted by atomic mass is 10.1. The van der Waals surface area contributed by atoms with Crippen molar-refractivity contribution in [2.45, 2.75) is 26.8 Å². The number of aromatic nitrogens is 1. The van der Waals surface area contributed by atoms with Crippen LogP contribution in [0.25, 0.3) is 11.3 Å². The number of benzene rings is 2. The second-order valence-corrected chi connectivity index (χ2v) is 6.13. The third-order valence-electron chi connectivity index (χ3n) is 3.97. The minimum Gasteiger partial charge on any atom is -0.493 e. The Labute approximate surface area is 153 Å². The lowest BCUT2D eigenvalue weighted by molar-refractivity contribution is -0.121. The van der Waals surface area contributed by atoms with Gasteiger partial charge in [-0.15, -0.1) is 0 Å². The van der Waals surface area contributed by atoms with E-state index in [1.54, 1.807) is 6.20 Å². The molecule has 2 aromatic carbocycles. The predicted octanol–water partition coefficient (Wildman–Crippen LogP) is 4.04. The molecule has 0 saturated heterocycles. The molecule has 1 amide bonds. The number of hydrogen-bond donors (Lipinski definition) is 1. The molecule has 0 radical (unpaired) electrons. The Bertz CT molecular complexity index is 872. The van der Waals surface area contributed by atoms with E-state index in [1.165, 1.54) is 5.56 Å². The van der Waals surface area contributed by atoms with Crippen LogP contribution in [0.3, 0.4) is 0 Å². The molecule has 0 bridgehead atoms. The van der Waals surface area contributed by atoms with Gasteiger partial charge in [0.25, 0.3) is 0 Å². The van der Waals surface area contributed by atoms with Gasteiger partial charge in [-0.1, -0.05) is 48.0 Å². The Morgan fingerprint density at radius 1 is 1.15 bits per heavy atom. The zero-order chi connectivity index (χ0) is 18.4. The maximum atomic E-state index is 12.0. The summed E-state index contributed by atoms with van der Waals surface area (Å²) in [5.41, 5.74) is 3.21. The molecule has 5 heteroatoms. The van der Waals surface area contributed by atoms with Crippen LogP contribution in [0.2, 0.25) is 0 Å². The number of aryl methyl sites for hydroxylation is 2. The van der Waals surface area contributed by atoms with Crippen molar-refractivity contribution in [2.75, 3.05) is 6.61 Å². The highest BCUT2D eigenvalue weighted by Crippen LogP contribution is 2.20. The Kier molecular flexibility index (Phi) is 5.69. The molecule has 134 valence electrons. The Morgan fingerprint density at radius 3 is 2.73 bits per heavy atom. The Morgan fingerprint density at radius 2 is 1.96 bits per heavy atom. The summed E-state index contributed by atoms with van der Waals surface area (Å²) in [6, 6.07) is 15.7. The van der Waals surface area contributed by atoms with Gasteiger partial charge in [0.2, 0.25) is 11.8 Å². The zero-order valence-electron chi connectivity index (χ0n) is 15.0. The van der Waals surface area contributed by atoms with Crippen LogP contribution < -0.4 is 10.1 Å². The highest BCUT2D eigenvalue weighted by Gasteiger charge is 2.08. The van der Waals surface area contributed by atoms with Crippen molar-refractivity contribution in [2.24, 2.45) is 0 Å². The molecule has 0 saturated carbocycles. The summed E-state index contributed by atoms with van der Waals surface area (Å²) in [5.74, 6) is 1.87. The van der Waals surface area contributed by atoms with E-state index in [4.69, 9.17) is 9.15 Å². The topological polar surface area (TPSA) is 64.4 Å². The Balaban J connectivity index is 1.44. The van der Waals surface area contributed by atoms with Crippen LogP contribution in [0, 0.1) is 13.8 Å². The molecule has 1 aromatic heterocycles. The van der Waals surface area contributed by atoms with Gasteiger partial charge in [-0.3, -0.25) is 4.79 Å². The minimum atomic E-state index is -0.103. The largest absolute Gasteiger partial charge is 0.493 e. The number of rotatable bonds is 7. The normalized spacial score (nSPS) is 10.5. The quantitative estimate of drug-likeness (QED) is 0.698. The second kappa shape index (κ2) is 8.34. The molecule has 0 aliphatic rings. The molecule has 1 heterocycles. The number of amides is 1. The number of carbonyl (C=O) groups is 1. The van der Waals surface area contributed by atoms with Crippen molar-refractivity contribution < 1.29 is 13.9 Å². The van der Waals surface area contributed by atoms with E-state index in [2.05, 4.69) is 16.4 Å². The molecule has 0 fully saturated rings. The fraction of sp³-hybridized carbons (Fsp3) is 0.238. The first-order valence-corrected chi connectivity index (χ1v) is 8.59. The van der Waals surface area contributed by atoms with Crippen LogP contribution in [-0.4, -0.2) is 17.5 Å². The summed E-state index contributed by atoms with van der Waals surface area (Å²) in [5, 5.41) is 2.80. The van der Waals surface area contributed by atoms with E-state index < -0.39 is 0 Å². The number of ether oxygens (including phenoxy) is 1. The third kappa shape index (κ3) is 4.72. The second-order valence-electron chi connectivity index (χ2n) is 6.13. The fourth-order valence-corrected chi connectivity index (χ4v) is 2.61. The fourth-order valence-electron chi connectivity index (χ4n) is 2.61. The van der Waals surface area contributed by atoms with E-state index >= 15 is 0 Å². The first-order valence-electron chi connectivity index (χ1n) is 8.59. The van der Waals surface area contributed by atoms with Gasteiger partial charge in [-0.2, -0.15) is 0 Å². The van der Waals surface area contributed by atoms with Crippen molar-refractivity contribution in [1.29, 1.82) is 0 Å². The van der Waals surface area contributed by atoms with Crippen LogP contribution in [-0.2, 0) is 11.3 Å². The smallest absolute Gasteiger partial charge is 0.223 e. The van der Waals surface area contributed by atoms with E-state index in [0.29, 0.717) is 18.3 Å². The predicted molar refractivity (Wildman–Crippen MR) is 99.8 cm³/mol. The summed E-state index contributed by atoms with van der Waals surface area (Å²) < 4.78 is 11.3. The number of carbonyl (C=O) groups excluding carboxylic acids is 1. The third-order valence-corrected chi connectivity index (χ3v) is 3.97. The van der Waals surface area contributed by atoms with Gasteiger partial charge >= 0.3 is 0 Å². The molecule has 0 aliphatic carbocycles. The van der Waals surface area contributed by atoms with E-state index in [-0.39, 0.29) is 18.9 Å². The van der Waals surface area contributed by atoms with Crippen molar-refractivity contribution in [3.63, 3.8) is 0 Å². The van der Waals surface area contributed by atoms with Crippen molar-refractivity contribution in [3.8, 4) is 17.1 Å². The van der Waals surface area contributed by atoms with Crippen molar-refractivity contribution >= 4 is 5.91 Å². The molecular weight excluding hydrogens is 328 g/mol. The molecule has 0 unspecified atom stereocenters. The first kappa shape index (κ1) is 17.7. The van der Waals surface area contributed by atoms with E-state index in [1.807, 2.05) is 56.3 Å². The average molecular weight is 350 g/mol. The molecular formula is C21H22N2O3. The lowest BCUT2D eigenvalue weighted by Gasteiger charge is -2.09. The first-order chi connectivity index (χ1) is 12.6. The summed E-state index contributed by atoms with van der Waals surface area (Å²) in [6.07, 6.45) is 1.94. The van der Waals surface area contributed by atoms with E-state index in [9.17, 15) is 4.79 Å². The van der Waals surface area contributed by atoms with E-state index in [0.717, 1.165) is 16.9 Å². The molecule has 0 atom stereocenters. The maximum absolute atomic E-state index is 12.0. The number of nitrogens with zero attached hydrogens (tertiary/aromatic N) is 1. The summed E-state index contributed by atoms with van der Waals surface area (Å²) in [6.45, 7) is 4.62. The van der Waals surface area contributed by atoms with Crippen LogP contribution in [0.4, 0.5) is 0 Å². The number of hydrogen-bond acceptors (Lipinski definition) is 4. The van der Waals surface area contributed by atoms with Gasteiger partial charge in [-0.25, -0.2) is 4.98 Å². The number of nitrogens with one attached hydrogen (secondary N) is 1. The molecule has 26 heavy (non-hydrogen) atoms. The highest BCUT2D eigenvalue weighted by atomic mass is 16.5. The Hall–Kier alpha value is -3.08. The lowest BCUT2D eigenvalue weighted by Crippen LogP contribution is -2.24. The van der Waals surface area contributed by atoms with Gasteiger partial charge in [0.05, 0.1) is 25.8 Å². The standard InChI is InChI=1S/C21H22N2O3/c1-15-8-9-18(16(2)12-15)25-11-10-20(24)22-14-21-23-13-19(26-21)17-6-4-3-5-7-17/h3-9,12-13H,10-11,14H2,1-2H3,(H,22,24). The summed E-state index contributed by atoms with van der Waals surface area (Å²) in [4.78, 5) is 16.2. The molecule has 3 rings (SSSR count). The van der Waals surface area contributed by atoms with Crippen LogP contribution in [0.1, 0.15) is 23.4 Å². The van der Waals surface area contributed by atoms with Crippen LogP contribution in [0.5, 0.6) is 5.75 Å². The van der Waals surface area contributed by atoms with Gasteiger partial charge in [0, 0.05) is 5.56 Å². The van der Waals surface area contributed by atoms with Gasteiger partial charge in [-0.05, 0) is 25.5 Å². The number of oxazole rings is 1. The van der Waals surface area contributed by atoms with Crippen molar-refractivity contribution in [1.82, 2.24) is 10.3 Å². The van der Waals surface area contributed by atoms with Crippen LogP contribution >= 0.6 is 0 Å². The van der Waals surface area contributed by atoms with Gasteiger partial charge in [0.1, 0.15) is 5.75 Å². The zero-order valence-corrected chi connectivity index (χ0v) is 15.0. The molecule has 1 N–H and O–H groups in total. The summed E-state index contributed by atoms with van der Waals surface area (Å²) in [7, 11) is 0. The van der Waals surface area contributed by atoms with Crippen molar-refractivity contribution in [3.05, 3.63) is 71.7 Å². The molecule has 0 aliphatic heterocycles. The van der Waals surface area contributed by atoms with Gasteiger partial charge in [0.15, 0.2) is 5.76 Å². The average Bonchev–Trinajstić information content (AvgIpc) is 3.12. The summed E-state index contributed by atoms with van der Waals surface area (Å²) >= 11 is 0. The maximum Gasteiger partial charge on any atom is 0.223 e. The van der Waals surface area contributed by atoms with Gasteiger partial charge < -0.3 is 14.5 Å².